The molecule has 0 aliphatic carbocycles. The molecule has 1 aromatic heterocycles. The lowest BCUT2D eigenvalue weighted by molar-refractivity contribution is 0.277. The van der Waals surface area contributed by atoms with Crippen LogP contribution in [-0.4, -0.2) is 36.0 Å². The zero-order valence-corrected chi connectivity index (χ0v) is 14.3. The first kappa shape index (κ1) is 16.1. The van der Waals surface area contributed by atoms with Gasteiger partial charge in [-0.3, -0.25) is 0 Å². The van der Waals surface area contributed by atoms with E-state index < -0.39 is 15.4 Å². The monoisotopic (exact) mass is 348 g/mol. The molecule has 1 saturated heterocycles. The largest absolute Gasteiger partial charge is 0.272 e. The SMILES string of the molecule is Cc1nnc(S(=O)(=O)N2CCC(C#N)(c3ccccc3)CC2)s1. The standard InChI is InChI=1S/C15H16N4O2S2/c1-12-17-18-14(22-12)23(20,21)19-9-7-15(11-16,8-10-19)13-5-3-2-4-6-13/h2-6H,7-10H2,1H3. The maximum absolute atomic E-state index is 12.6. The van der Waals surface area contributed by atoms with Gasteiger partial charge in [0.2, 0.25) is 4.34 Å². The van der Waals surface area contributed by atoms with E-state index in [4.69, 9.17) is 0 Å². The summed E-state index contributed by atoms with van der Waals surface area (Å²) in [6, 6.07) is 12.0. The lowest BCUT2D eigenvalue weighted by Gasteiger charge is -2.36. The van der Waals surface area contributed by atoms with Gasteiger partial charge in [0.05, 0.1) is 11.5 Å². The van der Waals surface area contributed by atoms with Gasteiger partial charge in [0.15, 0.2) is 0 Å². The molecule has 0 spiro atoms. The second-order valence-electron chi connectivity index (χ2n) is 5.55. The third kappa shape index (κ3) is 2.87. The highest BCUT2D eigenvalue weighted by molar-refractivity contribution is 7.91. The van der Waals surface area contributed by atoms with Gasteiger partial charge in [-0.2, -0.15) is 9.57 Å². The third-order valence-electron chi connectivity index (χ3n) is 4.18. The molecule has 2 aromatic rings. The fourth-order valence-corrected chi connectivity index (χ4v) is 5.37. The van der Waals surface area contributed by atoms with Crippen LogP contribution in [0.25, 0.3) is 0 Å². The zero-order valence-electron chi connectivity index (χ0n) is 12.6. The van der Waals surface area contributed by atoms with Gasteiger partial charge in [-0.05, 0) is 25.3 Å². The maximum atomic E-state index is 12.6. The van der Waals surface area contributed by atoms with Crippen LogP contribution in [-0.2, 0) is 15.4 Å². The molecule has 0 atom stereocenters. The molecule has 0 radical (unpaired) electrons. The van der Waals surface area contributed by atoms with Gasteiger partial charge in [0.1, 0.15) is 5.01 Å². The van der Waals surface area contributed by atoms with Crippen molar-refractivity contribution in [3.63, 3.8) is 0 Å². The van der Waals surface area contributed by atoms with Crippen LogP contribution in [0.15, 0.2) is 34.7 Å². The van der Waals surface area contributed by atoms with Crippen molar-refractivity contribution in [2.24, 2.45) is 0 Å². The van der Waals surface area contributed by atoms with Crippen LogP contribution in [0, 0.1) is 18.3 Å². The molecule has 0 N–H and O–H groups in total. The van der Waals surface area contributed by atoms with E-state index in [2.05, 4.69) is 16.3 Å². The fraction of sp³-hybridized carbons (Fsp3) is 0.400. The Labute approximate surface area is 139 Å². The molecule has 1 aromatic carbocycles. The molecule has 8 heteroatoms. The van der Waals surface area contributed by atoms with Crippen LogP contribution in [0.3, 0.4) is 0 Å². The number of piperidine rings is 1. The average Bonchev–Trinajstić information content (AvgIpc) is 3.03. The Hall–Kier alpha value is -1.82. The molecule has 6 nitrogen and oxygen atoms in total. The Morgan fingerprint density at radius 2 is 1.87 bits per heavy atom. The molecule has 1 aliphatic heterocycles. The van der Waals surface area contributed by atoms with Gasteiger partial charge in [-0.15, -0.1) is 10.2 Å². The van der Waals surface area contributed by atoms with Gasteiger partial charge in [-0.1, -0.05) is 41.7 Å². The summed E-state index contributed by atoms with van der Waals surface area (Å²) in [5.74, 6) is 0. The summed E-state index contributed by atoms with van der Waals surface area (Å²) in [6.07, 6.45) is 0.953. The van der Waals surface area contributed by atoms with Crippen LogP contribution in [0.1, 0.15) is 23.4 Å². The Balaban J connectivity index is 1.82. The zero-order chi connectivity index (χ0) is 16.5. The molecule has 0 amide bonds. The number of rotatable bonds is 3. The Bertz CT molecular complexity index is 832. The molecular formula is C15H16N4O2S2. The molecule has 3 rings (SSSR count). The van der Waals surface area contributed by atoms with Crippen molar-refractivity contribution < 1.29 is 8.42 Å². The van der Waals surface area contributed by atoms with Gasteiger partial charge in [0.25, 0.3) is 10.0 Å². The molecule has 2 heterocycles. The van der Waals surface area contributed by atoms with Gasteiger partial charge < -0.3 is 0 Å². The van der Waals surface area contributed by atoms with E-state index in [1.54, 1.807) is 6.92 Å². The minimum Gasteiger partial charge on any atom is -0.204 e. The highest BCUT2D eigenvalue weighted by atomic mass is 32.2. The minimum atomic E-state index is -3.61. The van der Waals surface area contributed by atoms with E-state index in [-0.39, 0.29) is 4.34 Å². The fourth-order valence-electron chi connectivity index (χ4n) is 2.82. The van der Waals surface area contributed by atoms with Crippen molar-refractivity contribution >= 4 is 21.4 Å². The van der Waals surface area contributed by atoms with Crippen LogP contribution in [0.4, 0.5) is 0 Å². The quantitative estimate of drug-likeness (QED) is 0.847. The summed E-state index contributed by atoms with van der Waals surface area (Å²) in [5, 5.41) is 17.8. The van der Waals surface area contributed by atoms with E-state index in [0.29, 0.717) is 30.9 Å². The van der Waals surface area contributed by atoms with Crippen molar-refractivity contribution in [2.45, 2.75) is 29.5 Å². The van der Waals surface area contributed by atoms with E-state index in [0.717, 1.165) is 16.9 Å². The number of sulfonamides is 1. The topological polar surface area (TPSA) is 87.0 Å². The maximum Gasteiger partial charge on any atom is 0.272 e. The normalized spacial score (nSPS) is 18.4. The first-order valence-electron chi connectivity index (χ1n) is 7.25. The number of nitriles is 1. The summed E-state index contributed by atoms with van der Waals surface area (Å²) in [4.78, 5) is 0. The minimum absolute atomic E-state index is 0.0270. The Morgan fingerprint density at radius 1 is 1.22 bits per heavy atom. The van der Waals surface area contributed by atoms with Gasteiger partial charge in [-0.25, -0.2) is 8.42 Å². The van der Waals surface area contributed by atoms with Crippen LogP contribution in [0.5, 0.6) is 0 Å². The van der Waals surface area contributed by atoms with E-state index in [1.807, 2.05) is 30.3 Å². The molecular weight excluding hydrogens is 332 g/mol. The van der Waals surface area contributed by atoms with E-state index >= 15 is 0 Å². The summed E-state index contributed by atoms with van der Waals surface area (Å²) in [6.45, 7) is 2.34. The second-order valence-corrected chi connectivity index (χ2v) is 8.84. The van der Waals surface area contributed by atoms with Crippen molar-refractivity contribution in [3.8, 4) is 6.07 Å². The number of nitrogens with zero attached hydrogens (tertiary/aromatic N) is 4. The number of benzene rings is 1. The molecule has 0 unspecified atom stereocenters. The Morgan fingerprint density at radius 3 is 2.39 bits per heavy atom. The first-order valence-corrected chi connectivity index (χ1v) is 9.51. The van der Waals surface area contributed by atoms with E-state index in [9.17, 15) is 13.7 Å². The molecule has 1 fully saturated rings. The molecule has 0 saturated carbocycles. The van der Waals surface area contributed by atoms with Crippen LogP contribution in [0.2, 0.25) is 0 Å². The van der Waals surface area contributed by atoms with Crippen molar-refractivity contribution in [2.75, 3.05) is 13.1 Å². The summed E-state index contributed by atoms with van der Waals surface area (Å²) < 4.78 is 26.6. The third-order valence-corrected chi connectivity index (χ3v) is 7.27. The van der Waals surface area contributed by atoms with Crippen LogP contribution < -0.4 is 0 Å². The van der Waals surface area contributed by atoms with E-state index in [1.165, 1.54) is 4.31 Å². The molecule has 120 valence electrons. The second kappa shape index (κ2) is 6.00. The van der Waals surface area contributed by atoms with Crippen LogP contribution >= 0.6 is 11.3 Å². The summed E-state index contributed by atoms with van der Waals surface area (Å²) in [7, 11) is -3.61. The lowest BCUT2D eigenvalue weighted by Crippen LogP contribution is -2.44. The highest BCUT2D eigenvalue weighted by Crippen LogP contribution is 2.36. The van der Waals surface area contributed by atoms with Crippen molar-refractivity contribution in [3.05, 3.63) is 40.9 Å². The number of aryl methyl sites for hydroxylation is 1. The van der Waals surface area contributed by atoms with Crippen molar-refractivity contribution in [1.82, 2.24) is 14.5 Å². The predicted octanol–water partition coefficient (Wildman–Crippen LogP) is 2.09. The predicted molar refractivity (Wildman–Crippen MR) is 86.4 cm³/mol. The number of aromatic nitrogens is 2. The first-order chi connectivity index (χ1) is 11.0. The van der Waals surface area contributed by atoms with Gasteiger partial charge in [0, 0.05) is 13.1 Å². The lowest BCUT2D eigenvalue weighted by atomic mass is 9.74. The molecule has 1 aliphatic rings. The van der Waals surface area contributed by atoms with Crippen molar-refractivity contribution in [1.29, 1.82) is 5.26 Å². The summed E-state index contributed by atoms with van der Waals surface area (Å²) in [5.41, 5.74) is 0.330. The Kier molecular flexibility index (Phi) is 4.19. The number of hydrogen-bond donors (Lipinski definition) is 0. The molecule has 23 heavy (non-hydrogen) atoms. The smallest absolute Gasteiger partial charge is 0.204 e. The average molecular weight is 348 g/mol. The highest BCUT2D eigenvalue weighted by Gasteiger charge is 2.40. The van der Waals surface area contributed by atoms with Gasteiger partial charge >= 0.3 is 0 Å². The summed E-state index contributed by atoms with van der Waals surface area (Å²) >= 11 is 1.07. The number of hydrogen-bond acceptors (Lipinski definition) is 6. The molecule has 0 bridgehead atoms.